The lowest BCUT2D eigenvalue weighted by molar-refractivity contribution is -0.134. The van der Waals surface area contributed by atoms with E-state index in [9.17, 15) is 9.59 Å². The second kappa shape index (κ2) is 10.9. The van der Waals surface area contributed by atoms with Crippen molar-refractivity contribution < 1.29 is 19.1 Å². The van der Waals surface area contributed by atoms with E-state index in [2.05, 4.69) is 32.6 Å². The topological polar surface area (TPSA) is 79.9 Å². The lowest BCUT2D eigenvalue weighted by Crippen LogP contribution is -2.64. The summed E-state index contributed by atoms with van der Waals surface area (Å²) in [6, 6.07) is 16.4. The number of hydrogen-bond acceptors (Lipinski definition) is 5. The standard InChI is InChI=1S/C30H34BrN3O4/c1-19(32-2)28(35)33-27-29(36)34(18-23-22-13-12-21(31)17-20(22)11-14-25(23)37-3)24-9-5-6-10-26(24)38-30(27)15-7-4-8-16-30/h5-6,9-14,17,19,27,32H,4,7-8,15-16,18H2,1-3H3,(H,33,35). The van der Waals surface area contributed by atoms with Crippen LogP contribution in [-0.4, -0.2) is 43.7 Å². The molecule has 5 rings (SSSR count). The summed E-state index contributed by atoms with van der Waals surface area (Å²) in [4.78, 5) is 29.5. The number of carbonyl (C=O) groups is 2. The molecule has 0 radical (unpaired) electrons. The van der Waals surface area contributed by atoms with E-state index in [1.165, 1.54) is 0 Å². The third-order valence-corrected chi connectivity index (χ3v) is 8.40. The van der Waals surface area contributed by atoms with Crippen molar-refractivity contribution in [2.45, 2.75) is 63.3 Å². The molecule has 2 amide bonds. The number of benzene rings is 3. The number of nitrogens with zero attached hydrogens (tertiary/aromatic N) is 1. The molecule has 2 atom stereocenters. The number of halogens is 1. The van der Waals surface area contributed by atoms with Gasteiger partial charge in [0.2, 0.25) is 5.91 Å². The van der Waals surface area contributed by atoms with Crippen molar-refractivity contribution in [1.29, 1.82) is 0 Å². The van der Waals surface area contributed by atoms with Gasteiger partial charge in [0.05, 0.1) is 25.4 Å². The van der Waals surface area contributed by atoms with Gasteiger partial charge in [0, 0.05) is 10.0 Å². The van der Waals surface area contributed by atoms with E-state index in [0.717, 1.165) is 40.1 Å². The minimum absolute atomic E-state index is 0.176. The zero-order chi connectivity index (χ0) is 26.9. The van der Waals surface area contributed by atoms with E-state index in [0.29, 0.717) is 30.0 Å². The zero-order valence-electron chi connectivity index (χ0n) is 22.1. The highest BCUT2D eigenvalue weighted by Gasteiger charge is 2.51. The number of hydrogen-bond donors (Lipinski definition) is 2. The minimum Gasteiger partial charge on any atom is -0.496 e. The average Bonchev–Trinajstić information content (AvgIpc) is 3.02. The van der Waals surface area contributed by atoms with E-state index in [-0.39, 0.29) is 18.4 Å². The van der Waals surface area contributed by atoms with Gasteiger partial charge in [-0.3, -0.25) is 9.59 Å². The Kier molecular flexibility index (Phi) is 7.63. The van der Waals surface area contributed by atoms with Crippen LogP contribution >= 0.6 is 15.9 Å². The van der Waals surface area contributed by atoms with Gasteiger partial charge >= 0.3 is 0 Å². The van der Waals surface area contributed by atoms with Crippen LogP contribution < -0.4 is 25.0 Å². The lowest BCUT2D eigenvalue weighted by Gasteiger charge is -2.42. The fourth-order valence-electron chi connectivity index (χ4n) is 5.70. The normalized spacial score (nSPS) is 19.4. The van der Waals surface area contributed by atoms with Gasteiger partial charge in [-0.05, 0) is 80.8 Å². The molecule has 1 saturated carbocycles. The maximum Gasteiger partial charge on any atom is 0.254 e. The molecule has 7 nitrogen and oxygen atoms in total. The highest BCUT2D eigenvalue weighted by Crippen LogP contribution is 2.44. The average molecular weight is 581 g/mol. The SMILES string of the molecule is CNC(C)C(=O)NC1C(=O)N(Cc2c(OC)ccc3cc(Br)ccc23)c2ccccc2OC12CCCCC2. The van der Waals surface area contributed by atoms with Crippen molar-refractivity contribution in [2.75, 3.05) is 19.1 Å². The number of fused-ring (bicyclic) bond motifs is 2. The number of amides is 2. The molecule has 200 valence electrons. The van der Waals surface area contributed by atoms with E-state index in [4.69, 9.17) is 9.47 Å². The van der Waals surface area contributed by atoms with Gasteiger partial charge in [-0.2, -0.15) is 0 Å². The molecule has 8 heteroatoms. The van der Waals surface area contributed by atoms with Crippen LogP contribution in [0.4, 0.5) is 5.69 Å². The Morgan fingerprint density at radius 3 is 2.66 bits per heavy atom. The monoisotopic (exact) mass is 579 g/mol. The molecule has 38 heavy (non-hydrogen) atoms. The highest BCUT2D eigenvalue weighted by atomic mass is 79.9. The molecule has 2 N–H and O–H groups in total. The Hall–Kier alpha value is -3.10. The first-order chi connectivity index (χ1) is 18.4. The Morgan fingerprint density at radius 1 is 1.16 bits per heavy atom. The quantitative estimate of drug-likeness (QED) is 0.412. The van der Waals surface area contributed by atoms with Crippen LogP contribution in [0, 0.1) is 0 Å². The van der Waals surface area contributed by atoms with Gasteiger partial charge in [-0.25, -0.2) is 0 Å². The Bertz CT molecular complexity index is 1350. The van der Waals surface area contributed by atoms with Crippen LogP contribution in [-0.2, 0) is 16.1 Å². The van der Waals surface area contributed by atoms with Crippen LogP contribution in [0.5, 0.6) is 11.5 Å². The Morgan fingerprint density at radius 2 is 1.92 bits per heavy atom. The summed E-state index contributed by atoms with van der Waals surface area (Å²) in [5.74, 6) is 0.956. The molecule has 3 aromatic rings. The first kappa shape index (κ1) is 26.5. The largest absolute Gasteiger partial charge is 0.496 e. The second-order valence-corrected chi connectivity index (χ2v) is 11.1. The van der Waals surface area contributed by atoms with Gasteiger partial charge in [-0.15, -0.1) is 0 Å². The van der Waals surface area contributed by atoms with E-state index >= 15 is 0 Å². The molecule has 3 aromatic carbocycles. The van der Waals surface area contributed by atoms with Crippen molar-refractivity contribution in [3.63, 3.8) is 0 Å². The fraction of sp³-hybridized carbons (Fsp3) is 0.400. The van der Waals surface area contributed by atoms with Crippen molar-refractivity contribution in [1.82, 2.24) is 10.6 Å². The molecule has 1 fully saturated rings. The van der Waals surface area contributed by atoms with Gasteiger partial charge < -0.3 is 25.0 Å². The van der Waals surface area contributed by atoms with Crippen LogP contribution in [0.1, 0.15) is 44.6 Å². The molecule has 0 saturated heterocycles. The first-order valence-corrected chi connectivity index (χ1v) is 14.0. The summed E-state index contributed by atoms with van der Waals surface area (Å²) < 4.78 is 13.5. The summed E-state index contributed by atoms with van der Waals surface area (Å²) in [6.07, 6.45) is 4.36. The molecular weight excluding hydrogens is 546 g/mol. The highest BCUT2D eigenvalue weighted by molar-refractivity contribution is 9.10. The smallest absolute Gasteiger partial charge is 0.254 e. The van der Waals surface area contributed by atoms with Crippen molar-refractivity contribution in [3.8, 4) is 11.5 Å². The van der Waals surface area contributed by atoms with Crippen LogP contribution in [0.2, 0.25) is 0 Å². The summed E-state index contributed by atoms with van der Waals surface area (Å²) in [6.45, 7) is 2.06. The third kappa shape index (κ3) is 4.87. The van der Waals surface area contributed by atoms with Gasteiger partial charge in [0.15, 0.2) is 0 Å². The maximum absolute atomic E-state index is 14.6. The lowest BCUT2D eigenvalue weighted by atomic mass is 9.78. The van der Waals surface area contributed by atoms with Gasteiger partial charge in [-0.1, -0.05) is 46.6 Å². The number of methoxy groups -OCH3 is 1. The molecule has 1 aliphatic heterocycles. The molecule has 1 heterocycles. The van der Waals surface area contributed by atoms with Crippen LogP contribution in [0.25, 0.3) is 10.8 Å². The number of carbonyl (C=O) groups excluding carboxylic acids is 2. The summed E-state index contributed by atoms with van der Waals surface area (Å²) in [7, 11) is 3.38. The number of para-hydroxylation sites is 2. The first-order valence-electron chi connectivity index (χ1n) is 13.2. The van der Waals surface area contributed by atoms with Gasteiger partial charge in [0.1, 0.15) is 23.1 Å². The number of ether oxygens (including phenoxy) is 2. The van der Waals surface area contributed by atoms with E-state index in [1.807, 2.05) is 48.5 Å². The molecule has 2 unspecified atom stereocenters. The zero-order valence-corrected chi connectivity index (χ0v) is 23.6. The molecule has 1 aliphatic carbocycles. The minimum atomic E-state index is -0.825. The number of anilines is 1. The molecule has 1 spiro atoms. The molecule has 0 aromatic heterocycles. The van der Waals surface area contributed by atoms with Crippen LogP contribution in [0.15, 0.2) is 59.1 Å². The van der Waals surface area contributed by atoms with E-state index < -0.39 is 17.7 Å². The third-order valence-electron chi connectivity index (χ3n) is 7.91. The number of likely N-dealkylation sites (N-methyl/N-ethyl adjacent to an activating group) is 1. The van der Waals surface area contributed by atoms with E-state index in [1.54, 1.807) is 26.0 Å². The number of nitrogens with one attached hydrogen (secondary N) is 2. The predicted molar refractivity (Wildman–Crippen MR) is 153 cm³/mol. The second-order valence-electron chi connectivity index (χ2n) is 10.2. The summed E-state index contributed by atoms with van der Waals surface area (Å²) in [5.41, 5.74) is 0.780. The van der Waals surface area contributed by atoms with Crippen molar-refractivity contribution in [3.05, 3.63) is 64.6 Å². The Balaban J connectivity index is 1.64. The number of rotatable bonds is 6. The Labute approximate surface area is 232 Å². The van der Waals surface area contributed by atoms with Crippen LogP contribution in [0.3, 0.4) is 0 Å². The maximum atomic E-state index is 14.6. The van der Waals surface area contributed by atoms with Gasteiger partial charge in [0.25, 0.3) is 5.91 Å². The van der Waals surface area contributed by atoms with Crippen molar-refractivity contribution >= 4 is 44.2 Å². The molecule has 2 aliphatic rings. The summed E-state index contributed by atoms with van der Waals surface area (Å²) in [5, 5.41) is 8.11. The van der Waals surface area contributed by atoms with Crippen molar-refractivity contribution in [2.24, 2.45) is 0 Å². The molecular formula is C30H34BrN3O4. The predicted octanol–water partition coefficient (Wildman–Crippen LogP) is 5.33. The summed E-state index contributed by atoms with van der Waals surface area (Å²) >= 11 is 3.56. The fourth-order valence-corrected chi connectivity index (χ4v) is 6.08. The molecule has 0 bridgehead atoms.